The fraction of sp³-hybridized carbons (Fsp3) is 1.00. The summed E-state index contributed by atoms with van der Waals surface area (Å²) in [4.78, 5) is 0. The summed E-state index contributed by atoms with van der Waals surface area (Å²) in [6.45, 7) is 0. The van der Waals surface area contributed by atoms with Crippen molar-refractivity contribution in [3.8, 4) is 0 Å². The predicted octanol–water partition coefficient (Wildman–Crippen LogP) is -1.41. The first-order valence-corrected chi connectivity index (χ1v) is 3.38. The summed E-state index contributed by atoms with van der Waals surface area (Å²) in [5, 5.41) is 27.2. The molecule has 4 heteroatoms. The van der Waals surface area contributed by atoms with Gasteiger partial charge in [-0.15, -0.1) is 0 Å². The van der Waals surface area contributed by atoms with Gasteiger partial charge in [-0.3, -0.25) is 0 Å². The quantitative estimate of drug-likeness (QED) is 0.392. The number of ether oxygens (including phenoxy) is 1. The Bertz CT molecular complexity index is 154. The fourth-order valence-corrected chi connectivity index (χ4v) is 1.38. The van der Waals surface area contributed by atoms with Crippen LogP contribution in [0.5, 0.6) is 0 Å². The minimum absolute atomic E-state index is 0.598. The van der Waals surface area contributed by atoms with Crippen molar-refractivity contribution in [2.75, 3.05) is 0 Å². The third kappa shape index (κ3) is 0.645. The number of aliphatic hydroxyl groups excluding tert-OH is 3. The van der Waals surface area contributed by atoms with E-state index >= 15 is 0 Å². The Balaban J connectivity index is 2.16. The molecule has 2 fully saturated rings. The summed E-state index contributed by atoms with van der Waals surface area (Å²) >= 11 is 0. The standard InChI is InChI=1S/C6H10O4/c7-3-4(8)6(1-2-6)10-5(3)9/h3-5,7-9H,1-2H2. The first-order chi connectivity index (χ1) is 4.66. The number of hydrogen-bond acceptors (Lipinski definition) is 4. The number of hydrogen-bond donors (Lipinski definition) is 3. The molecule has 58 valence electrons. The van der Waals surface area contributed by atoms with E-state index in [9.17, 15) is 5.11 Å². The first-order valence-electron chi connectivity index (χ1n) is 3.38. The highest BCUT2D eigenvalue weighted by Gasteiger charge is 2.61. The van der Waals surface area contributed by atoms with Crippen molar-refractivity contribution in [1.82, 2.24) is 0 Å². The second kappa shape index (κ2) is 1.71. The molecule has 1 heterocycles. The van der Waals surface area contributed by atoms with E-state index in [0.29, 0.717) is 0 Å². The minimum Gasteiger partial charge on any atom is -0.387 e. The van der Waals surface area contributed by atoms with Crippen molar-refractivity contribution < 1.29 is 20.1 Å². The van der Waals surface area contributed by atoms with Gasteiger partial charge in [-0.1, -0.05) is 0 Å². The van der Waals surface area contributed by atoms with Crippen molar-refractivity contribution in [3.05, 3.63) is 0 Å². The van der Waals surface area contributed by atoms with E-state index in [2.05, 4.69) is 0 Å². The van der Waals surface area contributed by atoms with Gasteiger partial charge in [-0.05, 0) is 12.8 Å². The van der Waals surface area contributed by atoms with Gasteiger partial charge in [0, 0.05) is 0 Å². The third-order valence-corrected chi connectivity index (χ3v) is 2.25. The Labute approximate surface area is 58.0 Å². The highest BCUT2D eigenvalue weighted by atomic mass is 16.7. The van der Waals surface area contributed by atoms with Crippen LogP contribution in [0.3, 0.4) is 0 Å². The highest BCUT2D eigenvalue weighted by Crippen LogP contribution is 2.49. The molecule has 0 aromatic rings. The average Bonchev–Trinajstić information content (AvgIpc) is 2.62. The van der Waals surface area contributed by atoms with Crippen LogP contribution < -0.4 is 0 Å². The molecule has 0 amide bonds. The SMILES string of the molecule is OC1OC2(CC2)C(O)C1O. The molecular formula is C6H10O4. The van der Waals surface area contributed by atoms with Gasteiger partial charge in [0.1, 0.15) is 17.8 Å². The van der Waals surface area contributed by atoms with Crippen LogP contribution in [0.2, 0.25) is 0 Å². The van der Waals surface area contributed by atoms with E-state index in [1.54, 1.807) is 0 Å². The van der Waals surface area contributed by atoms with Crippen LogP contribution in [0.4, 0.5) is 0 Å². The average molecular weight is 146 g/mol. The van der Waals surface area contributed by atoms with E-state index in [1.165, 1.54) is 0 Å². The van der Waals surface area contributed by atoms with Gasteiger partial charge in [0.15, 0.2) is 6.29 Å². The summed E-state index contributed by atoms with van der Waals surface area (Å²) in [5.74, 6) is 0. The Morgan fingerprint density at radius 1 is 1.20 bits per heavy atom. The van der Waals surface area contributed by atoms with Gasteiger partial charge >= 0.3 is 0 Å². The van der Waals surface area contributed by atoms with Crippen molar-refractivity contribution >= 4 is 0 Å². The Morgan fingerprint density at radius 3 is 2.00 bits per heavy atom. The second-order valence-electron chi connectivity index (χ2n) is 3.01. The largest absolute Gasteiger partial charge is 0.387 e. The second-order valence-corrected chi connectivity index (χ2v) is 3.01. The van der Waals surface area contributed by atoms with Crippen LogP contribution in [0, 0.1) is 0 Å². The molecule has 0 aromatic heterocycles. The Kier molecular flexibility index (Phi) is 1.12. The maximum absolute atomic E-state index is 9.22. The topological polar surface area (TPSA) is 69.9 Å². The first kappa shape index (κ1) is 6.54. The van der Waals surface area contributed by atoms with Crippen LogP contribution in [0.25, 0.3) is 0 Å². The molecule has 1 aliphatic heterocycles. The third-order valence-electron chi connectivity index (χ3n) is 2.25. The van der Waals surface area contributed by atoms with Crippen LogP contribution in [-0.4, -0.2) is 39.4 Å². The van der Waals surface area contributed by atoms with Crippen LogP contribution >= 0.6 is 0 Å². The maximum Gasteiger partial charge on any atom is 0.184 e. The number of aliphatic hydroxyl groups is 3. The molecule has 2 rings (SSSR count). The van der Waals surface area contributed by atoms with Crippen molar-refractivity contribution in [1.29, 1.82) is 0 Å². The molecule has 0 aromatic carbocycles. The summed E-state index contributed by atoms with van der Waals surface area (Å²) in [6, 6.07) is 0. The molecule has 3 unspecified atom stereocenters. The van der Waals surface area contributed by atoms with Gasteiger partial charge in [-0.25, -0.2) is 0 Å². The van der Waals surface area contributed by atoms with E-state index in [0.717, 1.165) is 12.8 Å². The summed E-state index contributed by atoms with van der Waals surface area (Å²) in [7, 11) is 0. The van der Waals surface area contributed by atoms with E-state index in [-0.39, 0.29) is 0 Å². The molecule has 0 radical (unpaired) electrons. The zero-order valence-electron chi connectivity index (χ0n) is 5.40. The lowest BCUT2D eigenvalue weighted by Crippen LogP contribution is -2.33. The summed E-state index contributed by atoms with van der Waals surface area (Å²) < 4.78 is 4.94. The summed E-state index contributed by atoms with van der Waals surface area (Å²) in [5.41, 5.74) is -0.598. The lowest BCUT2D eigenvalue weighted by atomic mass is 10.1. The molecule has 1 aliphatic carbocycles. The van der Waals surface area contributed by atoms with Gasteiger partial charge in [0.25, 0.3) is 0 Å². The van der Waals surface area contributed by atoms with Crippen molar-refractivity contribution in [2.45, 2.75) is 36.9 Å². The smallest absolute Gasteiger partial charge is 0.184 e. The van der Waals surface area contributed by atoms with Crippen LogP contribution in [0.1, 0.15) is 12.8 Å². The predicted molar refractivity (Wildman–Crippen MR) is 31.1 cm³/mol. The normalized spacial score (nSPS) is 50.1. The van der Waals surface area contributed by atoms with Crippen molar-refractivity contribution in [3.63, 3.8) is 0 Å². The van der Waals surface area contributed by atoms with E-state index < -0.39 is 24.1 Å². The molecule has 1 saturated heterocycles. The molecule has 3 N–H and O–H groups in total. The molecule has 4 nitrogen and oxygen atoms in total. The number of rotatable bonds is 0. The zero-order valence-corrected chi connectivity index (χ0v) is 5.40. The lowest BCUT2D eigenvalue weighted by molar-refractivity contribution is -0.133. The maximum atomic E-state index is 9.22. The monoisotopic (exact) mass is 146 g/mol. The molecule has 2 aliphatic rings. The molecule has 1 saturated carbocycles. The van der Waals surface area contributed by atoms with Gasteiger partial charge in [-0.2, -0.15) is 0 Å². The fourth-order valence-electron chi connectivity index (χ4n) is 1.38. The highest BCUT2D eigenvalue weighted by molar-refractivity contribution is 5.09. The van der Waals surface area contributed by atoms with E-state index in [1.807, 2.05) is 0 Å². The molecule has 10 heavy (non-hydrogen) atoms. The Hall–Kier alpha value is -0.160. The minimum atomic E-state index is -1.20. The zero-order chi connectivity index (χ0) is 7.35. The molecule has 1 spiro atoms. The van der Waals surface area contributed by atoms with Crippen LogP contribution in [0.15, 0.2) is 0 Å². The van der Waals surface area contributed by atoms with Crippen LogP contribution in [-0.2, 0) is 4.74 Å². The Morgan fingerprint density at radius 2 is 1.80 bits per heavy atom. The van der Waals surface area contributed by atoms with Gasteiger partial charge < -0.3 is 20.1 Å². The van der Waals surface area contributed by atoms with E-state index in [4.69, 9.17) is 14.9 Å². The van der Waals surface area contributed by atoms with Gasteiger partial charge in [0.2, 0.25) is 0 Å². The molecule has 3 atom stereocenters. The summed E-state index contributed by atoms with van der Waals surface area (Å²) in [6.07, 6.45) is -1.74. The molecule has 0 bridgehead atoms. The lowest BCUT2D eigenvalue weighted by Gasteiger charge is -2.10. The van der Waals surface area contributed by atoms with Crippen molar-refractivity contribution in [2.24, 2.45) is 0 Å². The molecular weight excluding hydrogens is 136 g/mol. The van der Waals surface area contributed by atoms with Gasteiger partial charge in [0.05, 0.1) is 0 Å².